The van der Waals surface area contributed by atoms with Crippen molar-refractivity contribution < 1.29 is 0 Å². The normalized spacial score (nSPS) is 13.0. The van der Waals surface area contributed by atoms with E-state index in [1.807, 2.05) is 0 Å². The molecule has 2 heteroatoms. The fourth-order valence-electron chi connectivity index (χ4n) is 8.71. The van der Waals surface area contributed by atoms with Crippen molar-refractivity contribution >= 4 is 56.0 Å². The van der Waals surface area contributed by atoms with E-state index in [0.717, 1.165) is 0 Å². The van der Waals surface area contributed by atoms with E-state index < -0.39 is 0 Å². The topological polar surface area (TPSA) is 0 Å². The maximum atomic E-state index is 2.52. The van der Waals surface area contributed by atoms with Gasteiger partial charge in [-0.1, -0.05) is 180 Å². The van der Waals surface area contributed by atoms with Gasteiger partial charge in [-0.25, -0.2) is 0 Å². The van der Waals surface area contributed by atoms with E-state index >= 15 is 0 Å². The van der Waals surface area contributed by atoms with Crippen LogP contribution < -0.4 is 0 Å². The molecule has 0 N–H and O–H groups in total. The van der Waals surface area contributed by atoms with Gasteiger partial charge in [0.25, 0.3) is 0 Å². The van der Waals surface area contributed by atoms with E-state index in [0.29, 0.717) is 0 Å². The predicted molar refractivity (Wildman–Crippen MR) is 270 cm³/mol. The Kier molecular flexibility index (Phi) is 10.2. The first-order chi connectivity index (χ1) is 27.1. The van der Waals surface area contributed by atoms with Crippen LogP contribution in [-0.2, 0) is 21.7 Å². The van der Waals surface area contributed by atoms with Crippen molar-refractivity contribution in [3.8, 4) is 66.8 Å². The van der Waals surface area contributed by atoms with Gasteiger partial charge < -0.3 is 0 Å². The molecule has 0 aromatic heterocycles. The molecule has 8 rings (SSSR count). The second-order valence-electron chi connectivity index (χ2n) is 20.6. The molecule has 0 saturated heterocycles. The highest BCUT2D eigenvalue weighted by Gasteiger charge is 2.35. The van der Waals surface area contributed by atoms with Crippen LogP contribution in [0.5, 0.6) is 0 Å². The molecule has 58 heavy (non-hydrogen) atoms. The van der Waals surface area contributed by atoms with Crippen LogP contribution in [0.1, 0.15) is 105 Å². The molecule has 0 aliphatic heterocycles. The number of benzene rings is 7. The minimum Gasteiger partial charge on any atom is -0.0610 e. The SMILES string of the molecule is CC(C)(C)c1cc(-c2c(-c3cc(C(C)(C)C)cc(C(C)(C)C)c3)c(-c3ccc(I)cc3)c3c(c2-c2ccc(I)cc2)-c2cccc4cccc-3c24)cc(C(C)(C)C)c1. The summed E-state index contributed by atoms with van der Waals surface area (Å²) in [4.78, 5) is 0. The van der Waals surface area contributed by atoms with Gasteiger partial charge in [0.1, 0.15) is 0 Å². The average molecular weight is 983 g/mol. The van der Waals surface area contributed by atoms with Crippen molar-refractivity contribution in [2.75, 3.05) is 0 Å². The Balaban J connectivity index is 1.72. The molecule has 7 aromatic rings. The van der Waals surface area contributed by atoms with Gasteiger partial charge in [0.15, 0.2) is 0 Å². The largest absolute Gasteiger partial charge is 0.0610 e. The molecule has 0 fully saturated rings. The summed E-state index contributed by atoms with van der Waals surface area (Å²) >= 11 is 4.91. The summed E-state index contributed by atoms with van der Waals surface area (Å²) in [5.74, 6) is 0. The third kappa shape index (κ3) is 7.40. The second kappa shape index (κ2) is 14.5. The molecule has 0 atom stereocenters. The third-order valence-corrected chi connectivity index (χ3v) is 13.6. The molecule has 294 valence electrons. The molecule has 0 bridgehead atoms. The number of halogens is 2. The standard InChI is InChI=1S/C56H56I2/c1-53(2,3)38-27-36(28-39(31-38)54(4,5)6)49-47(34-19-23-42(57)24-20-34)51-44-17-13-15-33-16-14-18-45(46(33)44)52(51)48(35-21-25-43(58)26-22-35)50(49)37-29-40(55(7,8)9)32-41(30-37)56(10,11)12/h13-32H,1-12H3. The van der Waals surface area contributed by atoms with Crippen molar-refractivity contribution in [2.24, 2.45) is 0 Å². The molecule has 0 heterocycles. The fourth-order valence-corrected chi connectivity index (χ4v) is 9.43. The Labute approximate surface area is 375 Å². The number of hydrogen-bond donors (Lipinski definition) is 0. The van der Waals surface area contributed by atoms with Gasteiger partial charge in [0.05, 0.1) is 0 Å². The molecule has 0 radical (unpaired) electrons. The van der Waals surface area contributed by atoms with Gasteiger partial charge >= 0.3 is 0 Å². The zero-order valence-corrected chi connectivity index (χ0v) is 40.6. The van der Waals surface area contributed by atoms with E-state index in [2.05, 4.69) is 250 Å². The highest BCUT2D eigenvalue weighted by molar-refractivity contribution is 14.1. The number of hydrogen-bond acceptors (Lipinski definition) is 0. The van der Waals surface area contributed by atoms with Crippen molar-refractivity contribution in [1.82, 2.24) is 0 Å². The van der Waals surface area contributed by atoms with Crippen LogP contribution in [0.25, 0.3) is 77.5 Å². The van der Waals surface area contributed by atoms with Gasteiger partial charge in [-0.15, -0.1) is 0 Å². The smallest absolute Gasteiger partial charge is 0.0130 e. The highest BCUT2D eigenvalue weighted by Crippen LogP contribution is 2.61. The molecular formula is C56H56I2. The fraction of sp³-hybridized carbons (Fsp3) is 0.286. The van der Waals surface area contributed by atoms with Crippen LogP contribution in [0.15, 0.2) is 121 Å². The minimum atomic E-state index is -0.0533. The molecule has 0 nitrogen and oxygen atoms in total. The molecule has 0 unspecified atom stereocenters. The lowest BCUT2D eigenvalue weighted by Gasteiger charge is -2.31. The van der Waals surface area contributed by atoms with Crippen molar-refractivity contribution in [3.05, 3.63) is 151 Å². The number of rotatable bonds is 4. The van der Waals surface area contributed by atoms with Crippen LogP contribution >= 0.6 is 45.2 Å². The van der Waals surface area contributed by atoms with Gasteiger partial charge in [-0.3, -0.25) is 0 Å². The lowest BCUT2D eigenvalue weighted by atomic mass is 9.72. The summed E-state index contributed by atoms with van der Waals surface area (Å²) in [5.41, 5.74) is 20.8. The molecule has 0 spiro atoms. The average Bonchev–Trinajstić information content (AvgIpc) is 3.48. The van der Waals surface area contributed by atoms with Crippen LogP contribution in [0.4, 0.5) is 0 Å². The molecule has 7 aromatic carbocycles. The summed E-state index contributed by atoms with van der Waals surface area (Å²) < 4.78 is 2.47. The quantitative estimate of drug-likeness (QED) is 0.154. The van der Waals surface area contributed by atoms with E-state index in [9.17, 15) is 0 Å². The first kappa shape index (κ1) is 41.0. The van der Waals surface area contributed by atoms with E-state index in [1.165, 1.54) is 107 Å². The summed E-state index contributed by atoms with van der Waals surface area (Å²) in [6.45, 7) is 28.3. The van der Waals surface area contributed by atoms with Crippen LogP contribution in [0.3, 0.4) is 0 Å². The van der Waals surface area contributed by atoms with Crippen molar-refractivity contribution in [3.63, 3.8) is 0 Å². The van der Waals surface area contributed by atoms with Gasteiger partial charge in [0.2, 0.25) is 0 Å². The predicted octanol–water partition coefficient (Wildman–Crippen LogP) is 17.6. The molecule has 0 saturated carbocycles. The maximum absolute atomic E-state index is 2.52. The van der Waals surface area contributed by atoms with Crippen LogP contribution in [0, 0.1) is 7.14 Å². The first-order valence-electron chi connectivity index (χ1n) is 20.7. The monoisotopic (exact) mass is 982 g/mol. The summed E-state index contributed by atoms with van der Waals surface area (Å²) in [5, 5.41) is 2.63. The Morgan fingerprint density at radius 3 is 0.897 bits per heavy atom. The molecule has 1 aliphatic rings. The molecular weight excluding hydrogens is 926 g/mol. The van der Waals surface area contributed by atoms with E-state index in [1.54, 1.807) is 0 Å². The zero-order chi connectivity index (χ0) is 41.7. The Morgan fingerprint density at radius 2 is 0.603 bits per heavy atom. The summed E-state index contributed by atoms with van der Waals surface area (Å²) in [7, 11) is 0. The van der Waals surface area contributed by atoms with Gasteiger partial charge in [-0.05, 0) is 191 Å². The lowest BCUT2D eigenvalue weighted by molar-refractivity contribution is 0.568. The molecule has 0 amide bonds. The van der Waals surface area contributed by atoms with Crippen molar-refractivity contribution in [2.45, 2.75) is 105 Å². The molecule has 1 aliphatic carbocycles. The first-order valence-corrected chi connectivity index (χ1v) is 22.9. The summed E-state index contributed by atoms with van der Waals surface area (Å²) in [6.07, 6.45) is 0. The van der Waals surface area contributed by atoms with Crippen LogP contribution in [0.2, 0.25) is 0 Å². The minimum absolute atomic E-state index is 0.0533. The van der Waals surface area contributed by atoms with Gasteiger partial charge in [-0.2, -0.15) is 0 Å². The highest BCUT2D eigenvalue weighted by atomic mass is 127. The summed E-state index contributed by atoms with van der Waals surface area (Å²) in [6, 6.07) is 47.5. The van der Waals surface area contributed by atoms with E-state index in [4.69, 9.17) is 0 Å². The van der Waals surface area contributed by atoms with Crippen LogP contribution in [-0.4, -0.2) is 0 Å². The lowest BCUT2D eigenvalue weighted by Crippen LogP contribution is -2.17. The maximum Gasteiger partial charge on any atom is 0.0130 e. The van der Waals surface area contributed by atoms with Crippen molar-refractivity contribution in [1.29, 1.82) is 0 Å². The Hall–Kier alpha value is -3.74. The third-order valence-electron chi connectivity index (χ3n) is 12.1. The number of fused-ring (bicyclic) bond motifs is 3. The second-order valence-corrected chi connectivity index (χ2v) is 23.1. The van der Waals surface area contributed by atoms with E-state index in [-0.39, 0.29) is 21.7 Å². The Bertz CT molecular complexity index is 2480. The van der Waals surface area contributed by atoms with Gasteiger partial charge in [0, 0.05) is 7.14 Å². The zero-order valence-electron chi connectivity index (χ0n) is 36.3. The Morgan fingerprint density at radius 1 is 0.310 bits per heavy atom.